The molecule has 0 saturated carbocycles. The Labute approximate surface area is 372 Å². The third kappa shape index (κ3) is 11.3. The molecule has 330 valence electrons. The zero-order valence-corrected chi connectivity index (χ0v) is 37.5. The van der Waals surface area contributed by atoms with E-state index >= 15 is 0 Å². The highest BCUT2D eigenvalue weighted by Gasteiger charge is 2.41. The van der Waals surface area contributed by atoms with Crippen LogP contribution in [0.2, 0.25) is 0 Å². The van der Waals surface area contributed by atoms with Gasteiger partial charge in [0.25, 0.3) is 5.91 Å². The molecule has 0 aliphatic carbocycles. The number of methoxy groups -OCH3 is 1. The van der Waals surface area contributed by atoms with Crippen molar-refractivity contribution in [3.8, 4) is 27.6 Å². The van der Waals surface area contributed by atoms with Crippen LogP contribution in [0.25, 0.3) is 27.4 Å². The number of aryl methyl sites for hydroxylation is 1. The van der Waals surface area contributed by atoms with Crippen LogP contribution in [0.5, 0.6) is 5.75 Å². The predicted molar refractivity (Wildman–Crippen MR) is 246 cm³/mol. The summed E-state index contributed by atoms with van der Waals surface area (Å²) in [5.74, 6) is -0.367. The number of amides is 4. The fraction of sp³-hybridized carbons (Fsp3) is 0.396. The molecule has 3 aromatic heterocycles. The standard InChI is InChI=1S/C48H57N9O5S/c1-31-43(63-30-50-31)33-18-16-32(17-19-33)28-49-46(60)40-14-10-26-57(40)47(61)44(48(2,3)4)54-42(58)15-6-7-24-56-25-9-11-35(29-56)34-20-21-38(41(27-34)62-5)53-45(59)39-13-8-12-36(52-39)37-22-23-51-55-37/h8,11-13,16-23,27,30,40,44H,6-7,9-10,14-15,24-26,28-29H2,1-5H3,(H,49,60)(H,51,55)(H,53,59)(H,54,58)/t40-,44+/m0/s1. The Morgan fingerprint density at radius 3 is 2.54 bits per heavy atom. The molecule has 2 aliphatic rings. The Morgan fingerprint density at radius 2 is 1.81 bits per heavy atom. The van der Waals surface area contributed by atoms with E-state index in [9.17, 15) is 19.2 Å². The van der Waals surface area contributed by atoms with Crippen LogP contribution in [0, 0.1) is 12.3 Å². The van der Waals surface area contributed by atoms with Gasteiger partial charge in [0.1, 0.15) is 23.5 Å². The SMILES string of the molecule is COc1cc(C2=CCCN(CCCCC(=O)N[C@H](C(=O)N3CCC[C@H]3C(=O)NCc3ccc(-c4scnc4C)cc3)C(C)(C)C)C2)ccc1NC(=O)c1cccc(-c2ccn[nH]2)n1. The molecule has 14 nitrogen and oxygen atoms in total. The maximum absolute atomic E-state index is 14.1. The molecule has 2 aromatic carbocycles. The maximum Gasteiger partial charge on any atom is 0.274 e. The summed E-state index contributed by atoms with van der Waals surface area (Å²) in [6.07, 6.45) is 7.87. The van der Waals surface area contributed by atoms with Crippen molar-refractivity contribution < 1.29 is 23.9 Å². The van der Waals surface area contributed by atoms with Gasteiger partial charge in [0.15, 0.2) is 0 Å². The number of hydrogen-bond acceptors (Lipinski definition) is 10. The zero-order chi connectivity index (χ0) is 44.5. The molecule has 0 bridgehead atoms. The number of carbonyl (C=O) groups excluding carboxylic acids is 4. The largest absolute Gasteiger partial charge is 0.495 e. The van der Waals surface area contributed by atoms with Crippen LogP contribution < -0.4 is 20.7 Å². The molecule has 7 rings (SSSR count). The summed E-state index contributed by atoms with van der Waals surface area (Å²) in [6, 6.07) is 19.6. The summed E-state index contributed by atoms with van der Waals surface area (Å²) in [4.78, 5) is 68.1. The summed E-state index contributed by atoms with van der Waals surface area (Å²) in [6.45, 7) is 11.1. The lowest BCUT2D eigenvalue weighted by molar-refractivity contribution is -0.143. The highest BCUT2D eigenvalue weighted by molar-refractivity contribution is 7.13. The molecule has 0 spiro atoms. The number of nitrogens with zero attached hydrogens (tertiary/aromatic N) is 5. The number of anilines is 1. The van der Waals surface area contributed by atoms with Gasteiger partial charge in [-0.1, -0.05) is 63.2 Å². The fourth-order valence-electron chi connectivity index (χ4n) is 8.13. The first-order chi connectivity index (χ1) is 30.4. The molecule has 4 N–H and O–H groups in total. The number of rotatable bonds is 16. The van der Waals surface area contributed by atoms with Crippen LogP contribution >= 0.6 is 11.3 Å². The molecule has 1 saturated heterocycles. The van der Waals surface area contributed by atoms with Crippen LogP contribution in [-0.2, 0) is 20.9 Å². The normalized spacial score (nSPS) is 16.0. The Hall–Kier alpha value is -6.19. The van der Waals surface area contributed by atoms with Crippen LogP contribution in [-0.4, -0.2) is 99.0 Å². The molecule has 1 fully saturated rings. The first kappa shape index (κ1) is 44.9. The van der Waals surface area contributed by atoms with Crippen molar-refractivity contribution in [2.75, 3.05) is 38.6 Å². The second kappa shape index (κ2) is 20.3. The first-order valence-electron chi connectivity index (χ1n) is 21.6. The van der Waals surface area contributed by atoms with E-state index in [1.165, 1.54) is 5.57 Å². The number of thiazole rings is 1. The van der Waals surface area contributed by atoms with E-state index in [2.05, 4.69) is 47.1 Å². The van der Waals surface area contributed by atoms with E-state index in [0.29, 0.717) is 49.5 Å². The van der Waals surface area contributed by atoms with E-state index in [0.717, 1.165) is 71.9 Å². The third-order valence-electron chi connectivity index (χ3n) is 11.6. The van der Waals surface area contributed by atoms with Gasteiger partial charge in [0.2, 0.25) is 17.7 Å². The molecule has 0 unspecified atom stereocenters. The lowest BCUT2D eigenvalue weighted by Crippen LogP contribution is -2.57. The number of aromatic amines is 1. The fourth-order valence-corrected chi connectivity index (χ4v) is 8.94. The number of benzene rings is 2. The monoisotopic (exact) mass is 871 g/mol. The van der Waals surface area contributed by atoms with Crippen LogP contribution in [0.4, 0.5) is 5.69 Å². The summed E-state index contributed by atoms with van der Waals surface area (Å²) in [7, 11) is 1.58. The van der Waals surface area contributed by atoms with Gasteiger partial charge >= 0.3 is 0 Å². The number of ether oxygens (including phenoxy) is 1. The van der Waals surface area contributed by atoms with Crippen molar-refractivity contribution >= 4 is 46.2 Å². The van der Waals surface area contributed by atoms with Crippen LogP contribution in [0.15, 0.2) is 84.5 Å². The Kier molecular flexibility index (Phi) is 14.5. The van der Waals surface area contributed by atoms with Gasteiger partial charge in [-0.25, -0.2) is 9.97 Å². The number of H-pyrrole nitrogens is 1. The predicted octanol–water partition coefficient (Wildman–Crippen LogP) is 7.26. The molecule has 2 atom stereocenters. The lowest BCUT2D eigenvalue weighted by Gasteiger charge is -2.35. The van der Waals surface area contributed by atoms with Crippen molar-refractivity contribution in [2.24, 2.45) is 5.41 Å². The summed E-state index contributed by atoms with van der Waals surface area (Å²) in [5.41, 5.74) is 8.68. The number of likely N-dealkylation sites (tertiary alicyclic amines) is 1. The second-order valence-electron chi connectivity index (χ2n) is 17.2. The van der Waals surface area contributed by atoms with Crippen molar-refractivity contribution in [2.45, 2.75) is 84.8 Å². The zero-order valence-electron chi connectivity index (χ0n) is 36.7. The van der Waals surface area contributed by atoms with Gasteiger partial charge in [-0.2, -0.15) is 5.10 Å². The van der Waals surface area contributed by atoms with E-state index in [1.54, 1.807) is 47.7 Å². The molecule has 2 aliphatic heterocycles. The van der Waals surface area contributed by atoms with Crippen LogP contribution in [0.1, 0.15) is 86.6 Å². The minimum absolute atomic E-state index is 0.166. The van der Waals surface area contributed by atoms with E-state index < -0.39 is 17.5 Å². The number of pyridine rings is 1. The highest BCUT2D eigenvalue weighted by Crippen LogP contribution is 2.32. The molecule has 0 radical (unpaired) electrons. The van der Waals surface area contributed by atoms with Gasteiger partial charge in [0.05, 0.1) is 40.3 Å². The molecule has 5 heterocycles. The smallest absolute Gasteiger partial charge is 0.274 e. The van der Waals surface area contributed by atoms with Gasteiger partial charge in [0, 0.05) is 38.8 Å². The van der Waals surface area contributed by atoms with Gasteiger partial charge in [-0.15, -0.1) is 11.3 Å². The highest BCUT2D eigenvalue weighted by atomic mass is 32.1. The number of hydrogen-bond donors (Lipinski definition) is 4. The molecular weight excluding hydrogens is 815 g/mol. The Bertz CT molecular complexity index is 2420. The average molecular weight is 872 g/mol. The Balaban J connectivity index is 0.866. The molecule has 4 amide bonds. The second-order valence-corrected chi connectivity index (χ2v) is 18.1. The quantitative estimate of drug-likeness (QED) is 0.0745. The molecule has 5 aromatic rings. The molecular formula is C48H57N9O5S. The third-order valence-corrected chi connectivity index (χ3v) is 12.6. The van der Waals surface area contributed by atoms with E-state index in [1.807, 2.05) is 81.7 Å². The Morgan fingerprint density at radius 1 is 1.00 bits per heavy atom. The van der Waals surface area contributed by atoms with Crippen molar-refractivity contribution in [1.82, 2.24) is 40.6 Å². The number of nitrogens with one attached hydrogen (secondary N) is 4. The summed E-state index contributed by atoms with van der Waals surface area (Å²) >= 11 is 1.60. The van der Waals surface area contributed by atoms with Crippen molar-refractivity contribution in [3.05, 3.63) is 107 Å². The van der Waals surface area contributed by atoms with E-state index in [4.69, 9.17) is 4.74 Å². The lowest BCUT2D eigenvalue weighted by atomic mass is 9.85. The van der Waals surface area contributed by atoms with Crippen LogP contribution in [0.3, 0.4) is 0 Å². The summed E-state index contributed by atoms with van der Waals surface area (Å²) < 4.78 is 5.70. The number of unbranched alkanes of at least 4 members (excludes halogenated alkanes) is 1. The van der Waals surface area contributed by atoms with Crippen molar-refractivity contribution in [3.63, 3.8) is 0 Å². The molecule has 63 heavy (non-hydrogen) atoms. The summed E-state index contributed by atoms with van der Waals surface area (Å²) in [5, 5.41) is 15.9. The maximum atomic E-state index is 14.1. The minimum Gasteiger partial charge on any atom is -0.495 e. The first-order valence-corrected chi connectivity index (χ1v) is 22.5. The van der Waals surface area contributed by atoms with Gasteiger partial charge < -0.3 is 25.6 Å². The minimum atomic E-state index is -0.761. The molecule has 15 heteroatoms. The number of aromatic nitrogens is 4. The van der Waals surface area contributed by atoms with Gasteiger partial charge in [-0.3, -0.25) is 29.2 Å². The van der Waals surface area contributed by atoms with Crippen molar-refractivity contribution in [1.29, 1.82) is 0 Å². The van der Waals surface area contributed by atoms with Gasteiger partial charge in [-0.05, 0) is 104 Å². The number of carbonyl (C=O) groups is 4. The topological polar surface area (TPSA) is 175 Å². The van der Waals surface area contributed by atoms with E-state index in [-0.39, 0.29) is 29.3 Å². The average Bonchev–Trinajstić information content (AvgIpc) is 4.10.